The first-order valence-electron chi connectivity index (χ1n) is 7.28. The van der Waals surface area contributed by atoms with Gasteiger partial charge in [0.1, 0.15) is 0 Å². The van der Waals surface area contributed by atoms with Gasteiger partial charge in [0, 0.05) is 12.1 Å². The standard InChI is InChI=1S/C15H30N2O/c1-7-14(5,6)17-13(18)12(4)16-10-15(8-9-15)11(2)3/h11-12,16H,7-10H2,1-6H3,(H,17,18). The van der Waals surface area contributed by atoms with Crippen molar-refractivity contribution in [2.75, 3.05) is 6.54 Å². The van der Waals surface area contributed by atoms with Crippen molar-refractivity contribution in [1.82, 2.24) is 10.6 Å². The molecule has 3 nitrogen and oxygen atoms in total. The Balaban J connectivity index is 2.37. The summed E-state index contributed by atoms with van der Waals surface area (Å²) in [7, 11) is 0. The van der Waals surface area contributed by atoms with E-state index in [0.717, 1.165) is 13.0 Å². The van der Waals surface area contributed by atoms with Gasteiger partial charge in [-0.25, -0.2) is 0 Å². The van der Waals surface area contributed by atoms with E-state index in [2.05, 4.69) is 45.3 Å². The van der Waals surface area contributed by atoms with Gasteiger partial charge in [-0.15, -0.1) is 0 Å². The zero-order valence-corrected chi connectivity index (χ0v) is 12.9. The Morgan fingerprint density at radius 2 is 1.83 bits per heavy atom. The Kier molecular flexibility index (Phi) is 4.82. The SMILES string of the molecule is CCC(C)(C)NC(=O)C(C)NCC1(C(C)C)CC1. The Labute approximate surface area is 112 Å². The molecule has 1 aliphatic rings. The van der Waals surface area contributed by atoms with E-state index in [9.17, 15) is 4.79 Å². The van der Waals surface area contributed by atoms with Gasteiger partial charge in [-0.3, -0.25) is 4.79 Å². The fraction of sp³-hybridized carbons (Fsp3) is 0.933. The summed E-state index contributed by atoms with van der Waals surface area (Å²) in [5, 5.41) is 6.49. The summed E-state index contributed by atoms with van der Waals surface area (Å²) in [6.07, 6.45) is 3.54. The number of hydrogen-bond donors (Lipinski definition) is 2. The zero-order chi connectivity index (χ0) is 14.0. The van der Waals surface area contributed by atoms with E-state index in [0.29, 0.717) is 11.3 Å². The molecule has 2 N–H and O–H groups in total. The molecule has 1 fully saturated rings. The molecular weight excluding hydrogens is 224 g/mol. The smallest absolute Gasteiger partial charge is 0.237 e. The highest BCUT2D eigenvalue weighted by Gasteiger charge is 2.45. The van der Waals surface area contributed by atoms with Gasteiger partial charge < -0.3 is 10.6 Å². The minimum atomic E-state index is -0.109. The summed E-state index contributed by atoms with van der Waals surface area (Å²) in [5.41, 5.74) is 0.344. The van der Waals surface area contributed by atoms with Gasteiger partial charge in [0.25, 0.3) is 0 Å². The molecule has 0 saturated heterocycles. The first kappa shape index (κ1) is 15.5. The molecule has 106 valence electrons. The van der Waals surface area contributed by atoms with Crippen LogP contribution in [0, 0.1) is 11.3 Å². The number of hydrogen-bond acceptors (Lipinski definition) is 2. The van der Waals surface area contributed by atoms with Gasteiger partial charge in [0.15, 0.2) is 0 Å². The van der Waals surface area contributed by atoms with Crippen LogP contribution in [0.5, 0.6) is 0 Å². The fourth-order valence-corrected chi connectivity index (χ4v) is 2.10. The summed E-state index contributed by atoms with van der Waals surface area (Å²) in [5.74, 6) is 0.814. The number of nitrogens with one attached hydrogen (secondary N) is 2. The van der Waals surface area contributed by atoms with Gasteiger partial charge in [-0.05, 0) is 51.4 Å². The molecule has 1 rings (SSSR count). The molecule has 0 aliphatic heterocycles. The van der Waals surface area contributed by atoms with Crippen LogP contribution in [-0.4, -0.2) is 24.0 Å². The molecule has 0 aromatic heterocycles. The Morgan fingerprint density at radius 3 is 2.22 bits per heavy atom. The van der Waals surface area contributed by atoms with Crippen LogP contribution in [0.15, 0.2) is 0 Å². The first-order chi connectivity index (χ1) is 8.22. The Bertz CT molecular complexity index is 293. The third kappa shape index (κ3) is 3.98. The van der Waals surface area contributed by atoms with Gasteiger partial charge in [0.2, 0.25) is 5.91 Å². The van der Waals surface area contributed by atoms with Gasteiger partial charge in [0.05, 0.1) is 6.04 Å². The monoisotopic (exact) mass is 254 g/mol. The topological polar surface area (TPSA) is 41.1 Å². The molecule has 0 radical (unpaired) electrons. The largest absolute Gasteiger partial charge is 0.350 e. The van der Waals surface area contributed by atoms with Crippen LogP contribution >= 0.6 is 0 Å². The average Bonchev–Trinajstić information content (AvgIpc) is 3.06. The van der Waals surface area contributed by atoms with E-state index in [1.54, 1.807) is 0 Å². The van der Waals surface area contributed by atoms with Gasteiger partial charge in [-0.1, -0.05) is 20.8 Å². The van der Waals surface area contributed by atoms with E-state index < -0.39 is 0 Å². The van der Waals surface area contributed by atoms with Gasteiger partial charge in [-0.2, -0.15) is 0 Å². The number of amides is 1. The molecule has 1 amide bonds. The minimum absolute atomic E-state index is 0.105. The molecule has 0 spiro atoms. The lowest BCUT2D eigenvalue weighted by Crippen LogP contribution is -2.51. The van der Waals surface area contributed by atoms with Crippen molar-refractivity contribution in [1.29, 1.82) is 0 Å². The molecule has 0 aromatic carbocycles. The molecule has 1 atom stereocenters. The van der Waals surface area contributed by atoms with Crippen LogP contribution < -0.4 is 10.6 Å². The lowest BCUT2D eigenvalue weighted by molar-refractivity contribution is -0.124. The molecule has 0 heterocycles. The summed E-state index contributed by atoms with van der Waals surface area (Å²) in [6, 6.07) is -0.105. The summed E-state index contributed by atoms with van der Waals surface area (Å²) in [4.78, 5) is 12.1. The maximum atomic E-state index is 12.1. The maximum absolute atomic E-state index is 12.1. The van der Waals surface area contributed by atoms with Crippen LogP contribution in [0.1, 0.15) is 60.8 Å². The van der Waals surface area contributed by atoms with E-state index in [1.807, 2.05) is 6.92 Å². The average molecular weight is 254 g/mol. The lowest BCUT2D eigenvalue weighted by atomic mass is 9.92. The summed E-state index contributed by atoms with van der Waals surface area (Å²) < 4.78 is 0. The first-order valence-corrected chi connectivity index (χ1v) is 7.28. The highest BCUT2D eigenvalue weighted by atomic mass is 16.2. The van der Waals surface area contributed by atoms with Crippen LogP contribution in [0.25, 0.3) is 0 Å². The number of carbonyl (C=O) groups is 1. The zero-order valence-electron chi connectivity index (χ0n) is 12.9. The highest BCUT2D eigenvalue weighted by molar-refractivity contribution is 5.81. The Morgan fingerprint density at radius 1 is 1.28 bits per heavy atom. The van der Waals surface area contributed by atoms with E-state index >= 15 is 0 Å². The number of rotatable bonds is 7. The van der Waals surface area contributed by atoms with Crippen molar-refractivity contribution in [2.24, 2.45) is 11.3 Å². The van der Waals surface area contributed by atoms with Crippen molar-refractivity contribution in [2.45, 2.75) is 72.4 Å². The maximum Gasteiger partial charge on any atom is 0.237 e. The second-order valence-corrected chi connectivity index (χ2v) is 6.85. The molecule has 18 heavy (non-hydrogen) atoms. The quantitative estimate of drug-likeness (QED) is 0.733. The summed E-state index contributed by atoms with van der Waals surface area (Å²) in [6.45, 7) is 13.7. The number of carbonyl (C=O) groups excluding carboxylic acids is 1. The summed E-state index contributed by atoms with van der Waals surface area (Å²) >= 11 is 0. The van der Waals surface area contributed by atoms with E-state index in [4.69, 9.17) is 0 Å². The van der Waals surface area contributed by atoms with E-state index in [1.165, 1.54) is 12.8 Å². The molecule has 0 aromatic rings. The third-order valence-corrected chi connectivity index (χ3v) is 4.62. The van der Waals surface area contributed by atoms with Crippen LogP contribution in [0.2, 0.25) is 0 Å². The lowest BCUT2D eigenvalue weighted by Gasteiger charge is -2.28. The van der Waals surface area contributed by atoms with Crippen molar-refractivity contribution < 1.29 is 4.79 Å². The molecule has 3 heteroatoms. The molecule has 1 unspecified atom stereocenters. The fourth-order valence-electron chi connectivity index (χ4n) is 2.10. The molecule has 1 aliphatic carbocycles. The highest BCUT2D eigenvalue weighted by Crippen LogP contribution is 2.51. The van der Waals surface area contributed by atoms with E-state index in [-0.39, 0.29) is 17.5 Å². The molecule has 0 bridgehead atoms. The van der Waals surface area contributed by atoms with Crippen molar-refractivity contribution in [3.63, 3.8) is 0 Å². The predicted molar refractivity (Wildman–Crippen MR) is 76.5 cm³/mol. The van der Waals surface area contributed by atoms with Crippen molar-refractivity contribution in [3.8, 4) is 0 Å². The van der Waals surface area contributed by atoms with Gasteiger partial charge >= 0.3 is 0 Å². The third-order valence-electron chi connectivity index (χ3n) is 4.62. The second kappa shape index (κ2) is 5.60. The van der Waals surface area contributed by atoms with Crippen LogP contribution in [0.4, 0.5) is 0 Å². The minimum Gasteiger partial charge on any atom is -0.350 e. The van der Waals surface area contributed by atoms with Crippen LogP contribution in [-0.2, 0) is 4.79 Å². The van der Waals surface area contributed by atoms with Crippen molar-refractivity contribution >= 4 is 5.91 Å². The normalized spacial score (nSPS) is 19.7. The van der Waals surface area contributed by atoms with Crippen LogP contribution in [0.3, 0.4) is 0 Å². The Hall–Kier alpha value is -0.570. The molecular formula is C15H30N2O. The van der Waals surface area contributed by atoms with Crippen molar-refractivity contribution in [3.05, 3.63) is 0 Å². The molecule has 1 saturated carbocycles. The predicted octanol–water partition coefficient (Wildman–Crippen LogP) is 2.71. The second-order valence-electron chi connectivity index (χ2n) is 6.85.